The molecule has 0 aliphatic carbocycles. The van der Waals surface area contributed by atoms with E-state index in [9.17, 15) is 9.59 Å². The van der Waals surface area contributed by atoms with Gasteiger partial charge < -0.3 is 15.7 Å². The van der Waals surface area contributed by atoms with E-state index in [0.29, 0.717) is 5.01 Å². The molecule has 0 saturated carbocycles. The Morgan fingerprint density at radius 2 is 2.18 bits per heavy atom. The van der Waals surface area contributed by atoms with E-state index in [1.54, 1.807) is 20.9 Å². The van der Waals surface area contributed by atoms with Crippen molar-refractivity contribution in [1.82, 2.24) is 15.6 Å². The fourth-order valence-corrected chi connectivity index (χ4v) is 1.69. The number of carboxylic acids is 1. The molecule has 1 rings (SSSR count). The zero-order valence-electron chi connectivity index (χ0n) is 9.90. The Morgan fingerprint density at radius 3 is 2.65 bits per heavy atom. The van der Waals surface area contributed by atoms with E-state index in [4.69, 9.17) is 5.11 Å². The molecule has 0 unspecified atom stereocenters. The normalized spacial score (nSPS) is 11.2. The second-order valence-electron chi connectivity index (χ2n) is 3.99. The number of likely N-dealkylation sites (N-methyl/N-ethyl adjacent to an activating group) is 1. The second kappa shape index (κ2) is 5.24. The van der Waals surface area contributed by atoms with Gasteiger partial charge in [-0.1, -0.05) is 0 Å². The SMILES string of the molecule is CNC(C)(C)C(=O)NCc1nc(C(=O)O)cs1. The lowest BCUT2D eigenvalue weighted by molar-refractivity contribution is -0.126. The van der Waals surface area contributed by atoms with E-state index in [1.807, 2.05) is 0 Å². The fraction of sp³-hybridized carbons (Fsp3) is 0.500. The first-order chi connectivity index (χ1) is 7.86. The van der Waals surface area contributed by atoms with Gasteiger partial charge in [0.1, 0.15) is 5.01 Å². The van der Waals surface area contributed by atoms with Crippen LogP contribution < -0.4 is 10.6 Å². The van der Waals surface area contributed by atoms with E-state index in [1.165, 1.54) is 16.7 Å². The average Bonchev–Trinajstić information content (AvgIpc) is 2.74. The Labute approximate surface area is 103 Å². The third-order valence-electron chi connectivity index (χ3n) is 2.36. The molecule has 0 aliphatic heterocycles. The van der Waals surface area contributed by atoms with Crippen LogP contribution in [0.3, 0.4) is 0 Å². The lowest BCUT2D eigenvalue weighted by Gasteiger charge is -2.22. The van der Waals surface area contributed by atoms with Crippen LogP contribution in [-0.4, -0.2) is 34.6 Å². The topological polar surface area (TPSA) is 91.3 Å². The molecule has 0 aromatic carbocycles. The minimum absolute atomic E-state index is 0.00660. The summed E-state index contributed by atoms with van der Waals surface area (Å²) < 4.78 is 0. The van der Waals surface area contributed by atoms with Crippen molar-refractivity contribution in [2.24, 2.45) is 0 Å². The quantitative estimate of drug-likeness (QED) is 0.712. The summed E-state index contributed by atoms with van der Waals surface area (Å²) in [5.41, 5.74) is -0.653. The van der Waals surface area contributed by atoms with Crippen molar-refractivity contribution >= 4 is 23.2 Å². The lowest BCUT2D eigenvalue weighted by Crippen LogP contribution is -2.50. The van der Waals surface area contributed by atoms with Crippen LogP contribution in [0.4, 0.5) is 0 Å². The molecular weight excluding hydrogens is 242 g/mol. The van der Waals surface area contributed by atoms with E-state index >= 15 is 0 Å². The van der Waals surface area contributed by atoms with Crippen molar-refractivity contribution in [3.63, 3.8) is 0 Å². The number of carbonyl (C=O) groups is 2. The van der Waals surface area contributed by atoms with Crippen LogP contribution in [0, 0.1) is 0 Å². The first kappa shape index (κ1) is 13.6. The smallest absolute Gasteiger partial charge is 0.355 e. The number of thiazole rings is 1. The zero-order valence-corrected chi connectivity index (χ0v) is 10.7. The summed E-state index contributed by atoms with van der Waals surface area (Å²) in [4.78, 5) is 26.2. The van der Waals surface area contributed by atoms with Gasteiger partial charge in [-0.2, -0.15) is 0 Å². The number of carbonyl (C=O) groups excluding carboxylic acids is 1. The van der Waals surface area contributed by atoms with Crippen molar-refractivity contribution < 1.29 is 14.7 Å². The summed E-state index contributed by atoms with van der Waals surface area (Å²) in [5, 5.41) is 16.3. The number of hydrogen-bond acceptors (Lipinski definition) is 5. The number of aromatic carboxylic acids is 1. The molecule has 1 heterocycles. The van der Waals surface area contributed by atoms with Gasteiger partial charge in [0.15, 0.2) is 5.69 Å². The van der Waals surface area contributed by atoms with Crippen LogP contribution in [0.25, 0.3) is 0 Å². The number of carboxylic acid groups (broad SMARTS) is 1. The molecule has 94 valence electrons. The maximum absolute atomic E-state index is 11.7. The third-order valence-corrected chi connectivity index (χ3v) is 3.21. The van der Waals surface area contributed by atoms with E-state index in [-0.39, 0.29) is 18.1 Å². The summed E-state index contributed by atoms with van der Waals surface area (Å²) in [6.45, 7) is 3.75. The first-order valence-corrected chi connectivity index (χ1v) is 5.89. The highest BCUT2D eigenvalue weighted by Crippen LogP contribution is 2.10. The largest absolute Gasteiger partial charge is 0.476 e. The summed E-state index contributed by atoms with van der Waals surface area (Å²) in [5.74, 6) is -1.22. The summed E-state index contributed by atoms with van der Waals surface area (Å²) >= 11 is 1.21. The molecule has 1 aromatic heterocycles. The highest BCUT2D eigenvalue weighted by atomic mass is 32.1. The molecule has 1 amide bonds. The second-order valence-corrected chi connectivity index (χ2v) is 4.93. The maximum Gasteiger partial charge on any atom is 0.355 e. The number of hydrogen-bond donors (Lipinski definition) is 3. The molecular formula is C10H15N3O3S. The number of nitrogens with zero attached hydrogens (tertiary/aromatic N) is 1. The molecule has 0 saturated heterocycles. The Hall–Kier alpha value is -1.47. The molecule has 6 nitrogen and oxygen atoms in total. The van der Waals surface area contributed by atoms with Crippen LogP contribution in [0.2, 0.25) is 0 Å². The Kier molecular flexibility index (Phi) is 4.19. The van der Waals surface area contributed by atoms with Gasteiger partial charge in [-0.05, 0) is 20.9 Å². The van der Waals surface area contributed by atoms with Gasteiger partial charge in [0.2, 0.25) is 5.91 Å². The lowest BCUT2D eigenvalue weighted by atomic mass is 10.1. The van der Waals surface area contributed by atoms with Crippen molar-refractivity contribution in [2.45, 2.75) is 25.9 Å². The van der Waals surface area contributed by atoms with E-state index in [0.717, 1.165) is 0 Å². The molecule has 3 N–H and O–H groups in total. The van der Waals surface area contributed by atoms with Gasteiger partial charge in [-0.15, -0.1) is 11.3 Å². The van der Waals surface area contributed by atoms with Gasteiger partial charge in [-0.25, -0.2) is 9.78 Å². The van der Waals surface area contributed by atoms with Crippen LogP contribution in [0.5, 0.6) is 0 Å². The van der Waals surface area contributed by atoms with Crippen molar-refractivity contribution in [3.05, 3.63) is 16.1 Å². The molecule has 1 aromatic rings. The van der Waals surface area contributed by atoms with Crippen molar-refractivity contribution in [3.8, 4) is 0 Å². The molecule has 17 heavy (non-hydrogen) atoms. The van der Waals surface area contributed by atoms with E-state index in [2.05, 4.69) is 15.6 Å². The van der Waals surface area contributed by atoms with Gasteiger partial charge in [0.05, 0.1) is 12.1 Å². The van der Waals surface area contributed by atoms with Gasteiger partial charge >= 0.3 is 5.97 Å². The molecule has 0 atom stereocenters. The predicted octanol–water partition coefficient (Wildman–Crippen LogP) is 0.456. The van der Waals surface area contributed by atoms with Crippen LogP contribution in [0.1, 0.15) is 29.3 Å². The van der Waals surface area contributed by atoms with Crippen LogP contribution in [-0.2, 0) is 11.3 Å². The predicted molar refractivity (Wildman–Crippen MR) is 64.1 cm³/mol. The van der Waals surface area contributed by atoms with Crippen LogP contribution >= 0.6 is 11.3 Å². The molecule has 0 radical (unpaired) electrons. The number of nitrogens with one attached hydrogen (secondary N) is 2. The van der Waals surface area contributed by atoms with Gasteiger partial charge in [0, 0.05) is 5.38 Å². The number of rotatable bonds is 5. The maximum atomic E-state index is 11.7. The molecule has 0 aliphatic rings. The standard InChI is InChI=1S/C10H15N3O3S/c1-10(2,11-3)9(16)12-4-7-13-6(5-17-7)8(14)15/h5,11H,4H2,1-3H3,(H,12,16)(H,14,15). The molecule has 7 heteroatoms. The van der Waals surface area contributed by atoms with E-state index < -0.39 is 11.5 Å². The highest BCUT2D eigenvalue weighted by Gasteiger charge is 2.24. The summed E-state index contributed by atoms with van der Waals surface area (Å²) in [7, 11) is 1.70. The van der Waals surface area contributed by atoms with Gasteiger partial charge in [-0.3, -0.25) is 4.79 Å². The minimum Gasteiger partial charge on any atom is -0.476 e. The monoisotopic (exact) mass is 257 g/mol. The zero-order chi connectivity index (χ0) is 13.1. The Balaban J connectivity index is 2.56. The van der Waals surface area contributed by atoms with Crippen molar-refractivity contribution in [1.29, 1.82) is 0 Å². The highest BCUT2D eigenvalue weighted by molar-refractivity contribution is 7.09. The summed E-state index contributed by atoms with van der Waals surface area (Å²) in [6, 6.07) is 0. The van der Waals surface area contributed by atoms with Crippen LogP contribution in [0.15, 0.2) is 5.38 Å². The molecule has 0 bridgehead atoms. The third kappa shape index (κ3) is 3.50. The van der Waals surface area contributed by atoms with Gasteiger partial charge in [0.25, 0.3) is 0 Å². The first-order valence-electron chi connectivity index (χ1n) is 5.01. The molecule has 0 spiro atoms. The Morgan fingerprint density at radius 1 is 1.53 bits per heavy atom. The molecule has 0 fully saturated rings. The number of amides is 1. The average molecular weight is 257 g/mol. The Bertz CT molecular complexity index is 428. The van der Waals surface area contributed by atoms with Crippen molar-refractivity contribution in [2.75, 3.05) is 7.05 Å². The number of aromatic nitrogens is 1. The minimum atomic E-state index is -1.06. The fourth-order valence-electron chi connectivity index (χ4n) is 0.981. The summed E-state index contributed by atoms with van der Waals surface area (Å²) in [6.07, 6.45) is 0.